The van der Waals surface area contributed by atoms with E-state index in [1.54, 1.807) is 6.07 Å². The molecule has 0 aliphatic carbocycles. The molecule has 0 radical (unpaired) electrons. The molecular weight excluding hydrogens is 317 g/mol. The molecule has 2 aromatic heterocycles. The molecule has 0 aliphatic rings. The van der Waals surface area contributed by atoms with Crippen LogP contribution in [-0.2, 0) is 12.8 Å². The quantitative estimate of drug-likeness (QED) is 0.551. The van der Waals surface area contributed by atoms with Crippen LogP contribution in [0.1, 0.15) is 17.1 Å². The van der Waals surface area contributed by atoms with E-state index < -0.39 is 0 Å². The van der Waals surface area contributed by atoms with Gasteiger partial charge in [-0.25, -0.2) is 4.39 Å². The monoisotopic (exact) mass is 333 g/mol. The fourth-order valence-electron chi connectivity index (χ4n) is 2.87. The molecule has 0 bridgehead atoms. The molecule has 4 nitrogen and oxygen atoms in total. The maximum absolute atomic E-state index is 13.7. The average Bonchev–Trinajstić information content (AvgIpc) is 3.09. The van der Waals surface area contributed by atoms with Crippen molar-refractivity contribution >= 4 is 10.9 Å². The predicted octanol–water partition coefficient (Wildman–Crippen LogP) is 4.52. The van der Waals surface area contributed by atoms with Gasteiger partial charge in [0.25, 0.3) is 5.89 Å². The van der Waals surface area contributed by atoms with E-state index in [1.807, 2.05) is 31.2 Å². The van der Waals surface area contributed by atoms with Crippen molar-refractivity contribution in [3.8, 4) is 11.5 Å². The van der Waals surface area contributed by atoms with Gasteiger partial charge >= 0.3 is 0 Å². The number of pyridine rings is 1. The second-order valence-corrected chi connectivity index (χ2v) is 5.97. The molecular formula is C20H16FN3O. The van der Waals surface area contributed by atoms with Crippen LogP contribution < -0.4 is 0 Å². The van der Waals surface area contributed by atoms with Gasteiger partial charge in [0.2, 0.25) is 0 Å². The molecule has 25 heavy (non-hydrogen) atoms. The summed E-state index contributed by atoms with van der Waals surface area (Å²) in [5, 5.41) is 4.74. The summed E-state index contributed by atoms with van der Waals surface area (Å²) in [6.45, 7) is 1.89. The first-order valence-corrected chi connectivity index (χ1v) is 8.13. The summed E-state index contributed by atoms with van der Waals surface area (Å²) >= 11 is 0. The van der Waals surface area contributed by atoms with Gasteiger partial charge < -0.3 is 4.52 Å². The van der Waals surface area contributed by atoms with Crippen molar-refractivity contribution in [3.63, 3.8) is 0 Å². The van der Waals surface area contributed by atoms with Gasteiger partial charge in [-0.05, 0) is 43.2 Å². The molecule has 0 fully saturated rings. The van der Waals surface area contributed by atoms with Crippen LogP contribution in [0.2, 0.25) is 0 Å². The first-order chi connectivity index (χ1) is 12.2. The highest BCUT2D eigenvalue weighted by Gasteiger charge is 2.14. The van der Waals surface area contributed by atoms with E-state index in [9.17, 15) is 4.39 Å². The van der Waals surface area contributed by atoms with E-state index in [-0.39, 0.29) is 5.82 Å². The highest BCUT2D eigenvalue weighted by molar-refractivity contribution is 5.92. The molecule has 0 N–H and O–H groups in total. The SMILES string of the molecule is Cc1cc(-c2nc(CCc3ccccc3)no2)c2cc(F)ccc2n1. The van der Waals surface area contributed by atoms with Crippen LogP contribution in [0.25, 0.3) is 22.4 Å². The van der Waals surface area contributed by atoms with E-state index >= 15 is 0 Å². The van der Waals surface area contributed by atoms with Gasteiger partial charge in [-0.1, -0.05) is 35.5 Å². The van der Waals surface area contributed by atoms with E-state index in [1.165, 1.54) is 17.7 Å². The number of nitrogens with zero attached hydrogens (tertiary/aromatic N) is 3. The molecule has 0 spiro atoms. The lowest BCUT2D eigenvalue weighted by atomic mass is 10.1. The Morgan fingerprint density at radius 1 is 0.960 bits per heavy atom. The van der Waals surface area contributed by atoms with Crippen LogP contribution in [0.4, 0.5) is 4.39 Å². The fraction of sp³-hybridized carbons (Fsp3) is 0.150. The minimum absolute atomic E-state index is 0.316. The first kappa shape index (κ1) is 15.4. The number of fused-ring (bicyclic) bond motifs is 1. The number of benzene rings is 2. The molecule has 0 unspecified atom stereocenters. The minimum Gasteiger partial charge on any atom is -0.334 e. The highest BCUT2D eigenvalue weighted by atomic mass is 19.1. The summed E-state index contributed by atoms with van der Waals surface area (Å²) in [7, 11) is 0. The molecule has 0 atom stereocenters. The van der Waals surface area contributed by atoms with Gasteiger partial charge in [-0.2, -0.15) is 4.98 Å². The van der Waals surface area contributed by atoms with E-state index in [0.717, 1.165) is 12.1 Å². The fourth-order valence-corrected chi connectivity index (χ4v) is 2.87. The van der Waals surface area contributed by atoms with Crippen LogP contribution in [0.15, 0.2) is 59.1 Å². The molecule has 4 rings (SSSR count). The zero-order chi connectivity index (χ0) is 17.2. The molecule has 5 heteroatoms. The summed E-state index contributed by atoms with van der Waals surface area (Å²) in [5.74, 6) is 0.713. The summed E-state index contributed by atoms with van der Waals surface area (Å²) in [4.78, 5) is 8.92. The third kappa shape index (κ3) is 3.26. The van der Waals surface area contributed by atoms with Gasteiger partial charge in [0.15, 0.2) is 5.82 Å². The van der Waals surface area contributed by atoms with Gasteiger partial charge in [-0.15, -0.1) is 0 Å². The Labute approximate surface area is 144 Å². The molecule has 2 heterocycles. The van der Waals surface area contributed by atoms with Crippen molar-refractivity contribution in [1.82, 2.24) is 15.1 Å². The smallest absolute Gasteiger partial charge is 0.258 e. The van der Waals surface area contributed by atoms with Crippen LogP contribution in [0, 0.1) is 12.7 Å². The third-order valence-corrected chi connectivity index (χ3v) is 4.08. The van der Waals surface area contributed by atoms with Crippen molar-refractivity contribution < 1.29 is 8.91 Å². The number of aryl methyl sites for hydroxylation is 3. The number of hydrogen-bond acceptors (Lipinski definition) is 4. The lowest BCUT2D eigenvalue weighted by Crippen LogP contribution is -1.94. The summed E-state index contributed by atoms with van der Waals surface area (Å²) in [5.41, 5.74) is 3.46. The maximum atomic E-state index is 13.7. The Hall–Kier alpha value is -3.08. The van der Waals surface area contributed by atoms with Gasteiger partial charge in [0, 0.05) is 17.5 Å². The van der Waals surface area contributed by atoms with Crippen LogP contribution >= 0.6 is 0 Å². The lowest BCUT2D eigenvalue weighted by Gasteiger charge is -2.04. The van der Waals surface area contributed by atoms with Crippen molar-refractivity contribution in [2.45, 2.75) is 19.8 Å². The summed E-state index contributed by atoms with van der Waals surface area (Å²) in [6, 6.07) is 16.5. The van der Waals surface area contributed by atoms with Crippen LogP contribution in [-0.4, -0.2) is 15.1 Å². The molecule has 0 saturated heterocycles. The largest absolute Gasteiger partial charge is 0.334 e. The number of aromatic nitrogens is 3. The van der Waals surface area contributed by atoms with Crippen molar-refractivity contribution in [3.05, 3.63) is 77.5 Å². The summed E-state index contributed by atoms with van der Waals surface area (Å²) in [6.07, 6.45) is 1.52. The zero-order valence-corrected chi connectivity index (χ0v) is 13.7. The zero-order valence-electron chi connectivity index (χ0n) is 13.7. The molecule has 0 saturated carbocycles. The van der Waals surface area contributed by atoms with Gasteiger partial charge in [-0.3, -0.25) is 4.98 Å². The standard InChI is InChI=1S/C20H16FN3O/c1-13-11-17(16-12-15(21)8-9-18(16)22-13)20-23-19(24-25-20)10-7-14-5-3-2-4-6-14/h2-6,8-9,11-12H,7,10H2,1H3. The van der Waals surface area contributed by atoms with E-state index in [4.69, 9.17) is 4.52 Å². The van der Waals surface area contributed by atoms with Crippen molar-refractivity contribution in [2.75, 3.05) is 0 Å². The van der Waals surface area contributed by atoms with Crippen LogP contribution in [0.5, 0.6) is 0 Å². The number of rotatable bonds is 4. The minimum atomic E-state index is -0.316. The van der Waals surface area contributed by atoms with Gasteiger partial charge in [0.05, 0.1) is 11.1 Å². The lowest BCUT2D eigenvalue weighted by molar-refractivity contribution is 0.422. The Kier molecular flexibility index (Phi) is 3.98. The predicted molar refractivity (Wildman–Crippen MR) is 93.6 cm³/mol. The normalized spacial score (nSPS) is 11.1. The maximum Gasteiger partial charge on any atom is 0.258 e. The molecule has 0 amide bonds. The van der Waals surface area contributed by atoms with Gasteiger partial charge in [0.1, 0.15) is 5.82 Å². The topological polar surface area (TPSA) is 51.8 Å². The third-order valence-electron chi connectivity index (χ3n) is 4.08. The second-order valence-electron chi connectivity index (χ2n) is 5.97. The van der Waals surface area contributed by atoms with E-state index in [2.05, 4.69) is 27.3 Å². The Bertz CT molecular complexity index is 1030. The average molecular weight is 333 g/mol. The van der Waals surface area contributed by atoms with Crippen LogP contribution in [0.3, 0.4) is 0 Å². The van der Waals surface area contributed by atoms with Crippen molar-refractivity contribution in [1.29, 1.82) is 0 Å². The van der Waals surface area contributed by atoms with E-state index in [0.29, 0.717) is 34.6 Å². The molecule has 124 valence electrons. The molecule has 2 aromatic carbocycles. The Morgan fingerprint density at radius 2 is 1.80 bits per heavy atom. The highest BCUT2D eigenvalue weighted by Crippen LogP contribution is 2.28. The number of halogens is 1. The Balaban J connectivity index is 1.66. The molecule has 4 aromatic rings. The number of hydrogen-bond donors (Lipinski definition) is 0. The molecule has 0 aliphatic heterocycles. The van der Waals surface area contributed by atoms with Crippen molar-refractivity contribution in [2.24, 2.45) is 0 Å². The summed E-state index contributed by atoms with van der Waals surface area (Å²) < 4.78 is 19.1. The Morgan fingerprint density at radius 3 is 2.64 bits per heavy atom. The second kappa shape index (κ2) is 6.43. The first-order valence-electron chi connectivity index (χ1n) is 8.13.